The number of hydrogen-bond acceptors (Lipinski definition) is 1. The summed E-state index contributed by atoms with van der Waals surface area (Å²) in [6, 6.07) is 0. The Morgan fingerprint density at radius 2 is 2.07 bits per heavy atom. The van der Waals surface area contributed by atoms with E-state index in [2.05, 4.69) is 19.7 Å². The minimum atomic E-state index is 0.300. The van der Waals surface area contributed by atoms with Crippen LogP contribution in [-0.4, -0.2) is 5.11 Å². The molecule has 84 valence electrons. The third-order valence-corrected chi connectivity index (χ3v) is 3.39. The Kier molecular flexibility index (Phi) is 4.67. The number of allylic oxidation sites excluding steroid dienone is 3. The zero-order chi connectivity index (χ0) is 11.3. The molecule has 1 fully saturated rings. The van der Waals surface area contributed by atoms with Crippen LogP contribution in [0.5, 0.6) is 0 Å². The minimum Gasteiger partial charge on any atom is -0.513 e. The van der Waals surface area contributed by atoms with Gasteiger partial charge in [0.05, 0.1) is 5.76 Å². The lowest BCUT2D eigenvalue weighted by Crippen LogP contribution is -2.18. The molecule has 0 amide bonds. The van der Waals surface area contributed by atoms with Crippen LogP contribution in [0.3, 0.4) is 0 Å². The molecule has 0 heterocycles. The van der Waals surface area contributed by atoms with Gasteiger partial charge in [-0.3, -0.25) is 0 Å². The SMILES string of the molecule is C=CCC1CCC[C@@H](CCC(=C)O)C1=C. The summed E-state index contributed by atoms with van der Waals surface area (Å²) in [6.07, 6.45) is 8.51. The standard InChI is InChI=1S/C14H22O/c1-4-6-13-7-5-8-14(12(13)3)10-9-11(2)15/h4,13-15H,1-3,5-10H2/t13?,14-/m0/s1. The number of aliphatic hydroxyl groups excluding tert-OH is 1. The summed E-state index contributed by atoms with van der Waals surface area (Å²) in [5.41, 5.74) is 1.36. The average molecular weight is 206 g/mol. The van der Waals surface area contributed by atoms with Crippen LogP contribution in [0.25, 0.3) is 0 Å². The fraction of sp³-hybridized carbons (Fsp3) is 0.571. The largest absolute Gasteiger partial charge is 0.513 e. The van der Waals surface area contributed by atoms with Crippen molar-refractivity contribution in [3.63, 3.8) is 0 Å². The molecule has 1 nitrogen and oxygen atoms in total. The van der Waals surface area contributed by atoms with E-state index in [0.717, 1.165) is 12.8 Å². The molecule has 0 spiro atoms. The van der Waals surface area contributed by atoms with E-state index in [-0.39, 0.29) is 0 Å². The molecule has 2 atom stereocenters. The highest BCUT2D eigenvalue weighted by molar-refractivity contribution is 5.10. The van der Waals surface area contributed by atoms with E-state index in [1.54, 1.807) is 0 Å². The van der Waals surface area contributed by atoms with Crippen LogP contribution in [0.4, 0.5) is 0 Å². The minimum absolute atomic E-state index is 0.300. The predicted octanol–water partition coefficient (Wildman–Crippen LogP) is 4.39. The molecule has 1 aliphatic carbocycles. The van der Waals surface area contributed by atoms with Gasteiger partial charge in [-0.05, 0) is 37.5 Å². The van der Waals surface area contributed by atoms with Gasteiger partial charge < -0.3 is 5.11 Å². The molecule has 1 N–H and O–H groups in total. The summed E-state index contributed by atoms with van der Waals surface area (Å²) < 4.78 is 0. The number of aliphatic hydroxyl groups is 1. The molecule has 0 aliphatic heterocycles. The Bertz CT molecular complexity index is 252. The van der Waals surface area contributed by atoms with E-state index in [1.807, 2.05) is 6.08 Å². The summed E-state index contributed by atoms with van der Waals surface area (Å²) in [6.45, 7) is 11.5. The molecule has 1 saturated carbocycles. The lowest BCUT2D eigenvalue weighted by Gasteiger charge is -2.31. The monoisotopic (exact) mass is 206 g/mol. The summed E-state index contributed by atoms with van der Waals surface area (Å²) in [7, 11) is 0. The van der Waals surface area contributed by atoms with Crippen molar-refractivity contribution >= 4 is 0 Å². The topological polar surface area (TPSA) is 20.2 Å². The van der Waals surface area contributed by atoms with Crippen LogP contribution in [-0.2, 0) is 0 Å². The molecule has 0 aromatic heterocycles. The van der Waals surface area contributed by atoms with Crippen LogP contribution in [0, 0.1) is 11.8 Å². The Morgan fingerprint density at radius 3 is 2.67 bits per heavy atom. The van der Waals surface area contributed by atoms with Crippen molar-refractivity contribution in [2.45, 2.75) is 38.5 Å². The smallest absolute Gasteiger partial charge is 0.0851 e. The lowest BCUT2D eigenvalue weighted by molar-refractivity contribution is 0.327. The molecule has 1 rings (SSSR count). The van der Waals surface area contributed by atoms with Gasteiger partial charge in [0.25, 0.3) is 0 Å². The van der Waals surface area contributed by atoms with Crippen molar-refractivity contribution in [1.29, 1.82) is 0 Å². The van der Waals surface area contributed by atoms with Gasteiger partial charge in [-0.25, -0.2) is 0 Å². The Morgan fingerprint density at radius 1 is 1.40 bits per heavy atom. The predicted molar refractivity (Wildman–Crippen MR) is 65.8 cm³/mol. The zero-order valence-corrected chi connectivity index (χ0v) is 9.54. The van der Waals surface area contributed by atoms with Crippen LogP contribution in [0.1, 0.15) is 38.5 Å². The Hall–Kier alpha value is -0.980. The molecule has 0 saturated heterocycles. The van der Waals surface area contributed by atoms with E-state index in [1.165, 1.54) is 24.8 Å². The molecule has 0 bridgehead atoms. The van der Waals surface area contributed by atoms with Gasteiger partial charge in [-0.1, -0.05) is 31.2 Å². The molecule has 1 unspecified atom stereocenters. The fourth-order valence-electron chi connectivity index (χ4n) is 2.46. The first-order valence-electron chi connectivity index (χ1n) is 5.81. The van der Waals surface area contributed by atoms with Crippen molar-refractivity contribution in [2.75, 3.05) is 0 Å². The van der Waals surface area contributed by atoms with Gasteiger partial charge in [0, 0.05) is 6.42 Å². The number of rotatable bonds is 5. The van der Waals surface area contributed by atoms with Gasteiger partial charge in [0.15, 0.2) is 0 Å². The van der Waals surface area contributed by atoms with Crippen molar-refractivity contribution in [1.82, 2.24) is 0 Å². The molecule has 0 aromatic carbocycles. The highest BCUT2D eigenvalue weighted by Crippen LogP contribution is 2.37. The van der Waals surface area contributed by atoms with E-state index in [4.69, 9.17) is 5.11 Å². The normalized spacial score (nSPS) is 26.3. The third-order valence-electron chi connectivity index (χ3n) is 3.39. The van der Waals surface area contributed by atoms with Crippen molar-refractivity contribution in [3.05, 3.63) is 37.1 Å². The maximum Gasteiger partial charge on any atom is 0.0851 e. The number of hydrogen-bond donors (Lipinski definition) is 1. The van der Waals surface area contributed by atoms with Crippen LogP contribution in [0.2, 0.25) is 0 Å². The first-order valence-corrected chi connectivity index (χ1v) is 5.81. The highest BCUT2D eigenvalue weighted by atomic mass is 16.3. The maximum atomic E-state index is 9.10. The zero-order valence-electron chi connectivity index (χ0n) is 9.54. The van der Waals surface area contributed by atoms with Gasteiger partial charge in [0.1, 0.15) is 0 Å². The quantitative estimate of drug-likeness (QED) is 0.522. The van der Waals surface area contributed by atoms with E-state index >= 15 is 0 Å². The molecular weight excluding hydrogens is 184 g/mol. The fourth-order valence-corrected chi connectivity index (χ4v) is 2.46. The second-order valence-electron chi connectivity index (χ2n) is 4.53. The average Bonchev–Trinajstić information content (AvgIpc) is 2.19. The van der Waals surface area contributed by atoms with Gasteiger partial charge >= 0.3 is 0 Å². The second-order valence-corrected chi connectivity index (χ2v) is 4.53. The summed E-state index contributed by atoms with van der Waals surface area (Å²) in [4.78, 5) is 0. The van der Waals surface area contributed by atoms with E-state index in [9.17, 15) is 0 Å². The van der Waals surface area contributed by atoms with Gasteiger partial charge in [-0.15, -0.1) is 6.58 Å². The first-order chi connectivity index (χ1) is 7.15. The Labute approximate surface area is 93.2 Å². The molecule has 0 radical (unpaired) electrons. The lowest BCUT2D eigenvalue weighted by atomic mass is 9.74. The summed E-state index contributed by atoms with van der Waals surface area (Å²) >= 11 is 0. The van der Waals surface area contributed by atoms with Crippen molar-refractivity contribution in [3.8, 4) is 0 Å². The van der Waals surface area contributed by atoms with Gasteiger partial charge in [-0.2, -0.15) is 0 Å². The molecule has 1 aliphatic rings. The molecule has 15 heavy (non-hydrogen) atoms. The van der Waals surface area contributed by atoms with Crippen LogP contribution in [0.15, 0.2) is 37.1 Å². The van der Waals surface area contributed by atoms with Gasteiger partial charge in [0.2, 0.25) is 0 Å². The molecular formula is C14H22O. The summed E-state index contributed by atoms with van der Waals surface area (Å²) in [5.74, 6) is 1.49. The van der Waals surface area contributed by atoms with E-state index < -0.39 is 0 Å². The maximum absolute atomic E-state index is 9.10. The summed E-state index contributed by atoms with van der Waals surface area (Å²) in [5, 5.41) is 9.10. The van der Waals surface area contributed by atoms with Crippen LogP contribution >= 0.6 is 0 Å². The molecule has 1 heteroatoms. The highest BCUT2D eigenvalue weighted by Gasteiger charge is 2.24. The third kappa shape index (κ3) is 3.58. The van der Waals surface area contributed by atoms with E-state index in [0.29, 0.717) is 24.0 Å². The Balaban J connectivity index is 2.46. The van der Waals surface area contributed by atoms with Crippen molar-refractivity contribution < 1.29 is 5.11 Å². The first kappa shape index (κ1) is 12.1. The van der Waals surface area contributed by atoms with Crippen molar-refractivity contribution in [2.24, 2.45) is 11.8 Å². The molecule has 0 aromatic rings. The van der Waals surface area contributed by atoms with Crippen LogP contribution < -0.4 is 0 Å². The second kappa shape index (κ2) is 5.79.